The maximum absolute atomic E-state index is 12.9. The van der Waals surface area contributed by atoms with Crippen LogP contribution >= 0.6 is 23.1 Å². The van der Waals surface area contributed by atoms with Crippen LogP contribution in [0.4, 0.5) is 18.3 Å². The Morgan fingerprint density at radius 2 is 2.00 bits per heavy atom. The third-order valence-electron chi connectivity index (χ3n) is 4.35. The number of anilines is 1. The van der Waals surface area contributed by atoms with Gasteiger partial charge in [-0.05, 0) is 24.8 Å². The van der Waals surface area contributed by atoms with Crippen molar-refractivity contribution in [3.63, 3.8) is 0 Å². The summed E-state index contributed by atoms with van der Waals surface area (Å²) in [5.74, 6) is -1.67. The van der Waals surface area contributed by atoms with E-state index >= 15 is 0 Å². The van der Waals surface area contributed by atoms with Gasteiger partial charge >= 0.3 is 6.18 Å². The summed E-state index contributed by atoms with van der Waals surface area (Å²) in [7, 11) is 0. The third kappa shape index (κ3) is 5.20. The summed E-state index contributed by atoms with van der Waals surface area (Å²) in [4.78, 5) is 12.3. The fraction of sp³-hybridized carbons (Fsp3) is 0.471. The van der Waals surface area contributed by atoms with Crippen LogP contribution < -0.4 is 5.32 Å². The van der Waals surface area contributed by atoms with Crippen molar-refractivity contribution in [1.82, 2.24) is 10.2 Å². The Bertz CT molecular complexity index is 736. The van der Waals surface area contributed by atoms with Crippen LogP contribution in [0.1, 0.15) is 31.2 Å². The highest BCUT2D eigenvalue weighted by atomic mass is 32.2. The van der Waals surface area contributed by atoms with Crippen LogP contribution in [-0.2, 0) is 10.5 Å². The van der Waals surface area contributed by atoms with Gasteiger partial charge in [-0.25, -0.2) is 0 Å². The van der Waals surface area contributed by atoms with Crippen LogP contribution in [0.2, 0.25) is 0 Å². The standard InChI is InChI=1S/C17H18F3N3OS2/c18-17(19,20)13-8-4-7-12(9-13)14(24)21-15-22-23-16(26-15)25-10-11-5-2-1-3-6-11/h1-3,5-6,12-13H,4,7-10H2,(H,21,22,24)/t12-,13-/m0/s1. The van der Waals surface area contributed by atoms with Gasteiger partial charge in [-0.15, -0.1) is 10.2 Å². The van der Waals surface area contributed by atoms with Crippen molar-refractivity contribution in [2.24, 2.45) is 11.8 Å². The van der Waals surface area contributed by atoms with E-state index in [-0.39, 0.29) is 12.8 Å². The van der Waals surface area contributed by atoms with Crippen molar-refractivity contribution >= 4 is 34.1 Å². The van der Waals surface area contributed by atoms with Gasteiger partial charge in [-0.1, -0.05) is 59.9 Å². The van der Waals surface area contributed by atoms with Crippen LogP contribution in [0.25, 0.3) is 0 Å². The minimum Gasteiger partial charge on any atom is -0.300 e. The van der Waals surface area contributed by atoms with Gasteiger partial charge < -0.3 is 5.32 Å². The van der Waals surface area contributed by atoms with E-state index in [0.29, 0.717) is 22.3 Å². The highest BCUT2D eigenvalue weighted by Crippen LogP contribution is 2.40. The lowest BCUT2D eigenvalue weighted by molar-refractivity contribution is -0.185. The molecular formula is C17H18F3N3OS2. The lowest BCUT2D eigenvalue weighted by atomic mass is 9.80. The molecule has 0 spiro atoms. The SMILES string of the molecule is O=C(Nc1nnc(SCc2ccccc2)s1)[C@H]1CCC[C@H](C(F)(F)F)C1. The molecule has 1 aliphatic carbocycles. The number of benzene rings is 1. The summed E-state index contributed by atoms with van der Waals surface area (Å²) in [6.45, 7) is 0. The number of hydrogen-bond donors (Lipinski definition) is 1. The Labute approximate surface area is 157 Å². The molecule has 4 nitrogen and oxygen atoms in total. The molecule has 0 aliphatic heterocycles. The molecule has 3 rings (SSSR count). The molecule has 1 heterocycles. The van der Waals surface area contributed by atoms with Gasteiger partial charge in [-0.3, -0.25) is 4.79 Å². The molecule has 1 fully saturated rings. The minimum absolute atomic E-state index is 0.104. The van der Waals surface area contributed by atoms with Crippen LogP contribution in [0.15, 0.2) is 34.7 Å². The molecule has 140 valence electrons. The lowest BCUT2D eigenvalue weighted by Crippen LogP contribution is -2.34. The van der Waals surface area contributed by atoms with Crippen molar-refractivity contribution in [3.05, 3.63) is 35.9 Å². The average molecular weight is 401 g/mol. The second kappa shape index (κ2) is 8.39. The predicted octanol–water partition coefficient (Wildman–Crippen LogP) is 5.14. The van der Waals surface area contributed by atoms with Crippen molar-refractivity contribution < 1.29 is 18.0 Å². The first-order valence-electron chi connectivity index (χ1n) is 8.29. The van der Waals surface area contributed by atoms with E-state index in [9.17, 15) is 18.0 Å². The smallest absolute Gasteiger partial charge is 0.300 e. The van der Waals surface area contributed by atoms with Crippen LogP contribution in [0.5, 0.6) is 0 Å². The summed E-state index contributed by atoms with van der Waals surface area (Å²) < 4.78 is 39.3. The van der Waals surface area contributed by atoms with E-state index in [0.717, 1.165) is 11.3 Å². The zero-order chi connectivity index (χ0) is 18.6. The quantitative estimate of drug-likeness (QED) is 0.557. The van der Waals surface area contributed by atoms with Gasteiger partial charge in [-0.2, -0.15) is 13.2 Å². The van der Waals surface area contributed by atoms with Crippen molar-refractivity contribution in [2.45, 2.75) is 42.0 Å². The molecule has 2 atom stereocenters. The van der Waals surface area contributed by atoms with Crippen molar-refractivity contribution in [1.29, 1.82) is 0 Å². The number of carbonyl (C=O) groups excluding carboxylic acids is 1. The summed E-state index contributed by atoms with van der Waals surface area (Å²) in [6.07, 6.45) is -3.39. The van der Waals surface area contributed by atoms with E-state index in [4.69, 9.17) is 0 Å². The molecule has 0 saturated heterocycles. The zero-order valence-electron chi connectivity index (χ0n) is 13.8. The maximum atomic E-state index is 12.9. The Morgan fingerprint density at radius 3 is 2.73 bits per heavy atom. The number of nitrogens with zero attached hydrogens (tertiary/aromatic N) is 2. The third-order valence-corrected chi connectivity index (χ3v) is 6.39. The number of hydrogen-bond acceptors (Lipinski definition) is 5. The number of rotatable bonds is 5. The van der Waals surface area contributed by atoms with Crippen molar-refractivity contribution in [3.8, 4) is 0 Å². The molecule has 0 radical (unpaired) electrons. The molecule has 1 N–H and O–H groups in total. The molecule has 1 aromatic carbocycles. The monoisotopic (exact) mass is 401 g/mol. The van der Waals surface area contributed by atoms with Gasteiger partial charge in [0.05, 0.1) is 5.92 Å². The van der Waals surface area contributed by atoms with E-state index in [1.807, 2.05) is 30.3 Å². The zero-order valence-corrected chi connectivity index (χ0v) is 15.5. The molecule has 1 aliphatic rings. The Morgan fingerprint density at radius 1 is 1.23 bits per heavy atom. The molecule has 2 aromatic rings. The highest BCUT2D eigenvalue weighted by molar-refractivity contribution is 8.00. The molecular weight excluding hydrogens is 383 g/mol. The Kier molecular flexibility index (Phi) is 6.18. The van der Waals surface area contributed by atoms with Gasteiger partial charge in [0.2, 0.25) is 11.0 Å². The Hall–Kier alpha value is -1.61. The number of nitrogens with one attached hydrogen (secondary N) is 1. The number of carbonyl (C=O) groups is 1. The maximum Gasteiger partial charge on any atom is 0.391 e. The lowest BCUT2D eigenvalue weighted by Gasteiger charge is -2.29. The molecule has 1 aromatic heterocycles. The average Bonchev–Trinajstić information content (AvgIpc) is 3.07. The van der Waals surface area contributed by atoms with Crippen LogP contribution in [-0.4, -0.2) is 22.3 Å². The molecule has 1 amide bonds. The largest absolute Gasteiger partial charge is 0.391 e. The normalized spacial score (nSPS) is 20.7. The first kappa shape index (κ1) is 19.2. The second-order valence-electron chi connectivity index (χ2n) is 6.24. The van der Waals surface area contributed by atoms with Crippen LogP contribution in [0.3, 0.4) is 0 Å². The number of amides is 1. The molecule has 0 unspecified atom stereocenters. The number of alkyl halides is 3. The van der Waals surface area contributed by atoms with Crippen molar-refractivity contribution in [2.75, 3.05) is 5.32 Å². The predicted molar refractivity (Wildman–Crippen MR) is 96.0 cm³/mol. The van der Waals surface area contributed by atoms with E-state index in [1.165, 1.54) is 23.1 Å². The Balaban J connectivity index is 1.52. The molecule has 26 heavy (non-hydrogen) atoms. The molecule has 0 bridgehead atoms. The van der Waals surface area contributed by atoms with Gasteiger partial charge in [0, 0.05) is 11.7 Å². The van der Waals surface area contributed by atoms with Gasteiger partial charge in [0.1, 0.15) is 0 Å². The number of aromatic nitrogens is 2. The number of halogens is 3. The molecule has 1 saturated carbocycles. The van der Waals surface area contributed by atoms with Gasteiger partial charge in [0.25, 0.3) is 0 Å². The minimum atomic E-state index is -4.23. The fourth-order valence-electron chi connectivity index (χ4n) is 2.97. The fourth-order valence-corrected chi connectivity index (χ4v) is 4.68. The second-order valence-corrected chi connectivity index (χ2v) is 8.44. The highest BCUT2D eigenvalue weighted by Gasteiger charge is 2.43. The topological polar surface area (TPSA) is 54.9 Å². The first-order valence-corrected chi connectivity index (χ1v) is 10.1. The van der Waals surface area contributed by atoms with E-state index in [1.54, 1.807) is 0 Å². The van der Waals surface area contributed by atoms with E-state index in [2.05, 4.69) is 15.5 Å². The van der Waals surface area contributed by atoms with Crippen LogP contribution in [0, 0.1) is 11.8 Å². The van der Waals surface area contributed by atoms with Gasteiger partial charge in [0.15, 0.2) is 4.34 Å². The molecule has 9 heteroatoms. The number of thioether (sulfide) groups is 1. The summed E-state index contributed by atoms with van der Waals surface area (Å²) in [5, 5.41) is 10.9. The van der Waals surface area contributed by atoms with E-state index < -0.39 is 23.9 Å². The summed E-state index contributed by atoms with van der Waals surface area (Å²) in [6, 6.07) is 9.88. The summed E-state index contributed by atoms with van der Waals surface area (Å²) >= 11 is 2.74. The first-order chi connectivity index (χ1) is 12.4. The summed E-state index contributed by atoms with van der Waals surface area (Å²) in [5.41, 5.74) is 1.15.